The number of thioether (sulfide) groups is 1. The van der Waals surface area contributed by atoms with E-state index >= 15 is 0 Å². The molecule has 0 saturated carbocycles. The topological polar surface area (TPSA) is 59.0 Å². The van der Waals surface area contributed by atoms with Gasteiger partial charge in [0.15, 0.2) is 5.17 Å². The Bertz CT molecular complexity index is 817. The van der Waals surface area contributed by atoms with Crippen molar-refractivity contribution in [1.82, 2.24) is 4.90 Å². The Balaban J connectivity index is 2.06. The van der Waals surface area contributed by atoms with Crippen molar-refractivity contribution in [3.8, 4) is 0 Å². The first-order chi connectivity index (χ1) is 12.8. The van der Waals surface area contributed by atoms with E-state index in [4.69, 9.17) is 4.74 Å². The molecule has 0 aliphatic carbocycles. The van der Waals surface area contributed by atoms with E-state index in [0.717, 1.165) is 16.5 Å². The molecule has 1 aromatic rings. The zero-order valence-corrected chi connectivity index (χ0v) is 18.3. The van der Waals surface area contributed by atoms with Crippen molar-refractivity contribution in [1.29, 1.82) is 0 Å². The highest BCUT2D eigenvalue weighted by Gasteiger charge is 2.47. The van der Waals surface area contributed by atoms with Crippen LogP contribution in [0.5, 0.6) is 0 Å². The number of esters is 1. The molecule has 144 valence electrons. The molecule has 1 saturated heterocycles. The first-order valence-corrected chi connectivity index (χ1v) is 10.7. The van der Waals surface area contributed by atoms with Gasteiger partial charge in [-0.05, 0) is 37.0 Å². The van der Waals surface area contributed by atoms with Crippen LogP contribution >= 0.6 is 27.7 Å². The van der Waals surface area contributed by atoms with E-state index in [1.165, 1.54) is 11.8 Å². The number of hydrogen-bond donors (Lipinski definition) is 0. The number of carbonyl (C=O) groups excluding carboxylic acids is 2. The van der Waals surface area contributed by atoms with Gasteiger partial charge in [0, 0.05) is 4.47 Å². The number of amidine groups is 1. The van der Waals surface area contributed by atoms with Gasteiger partial charge in [-0.3, -0.25) is 9.69 Å². The molecule has 0 bridgehead atoms. The molecule has 2 aliphatic heterocycles. The highest BCUT2D eigenvalue weighted by molar-refractivity contribution is 9.10. The molecule has 1 fully saturated rings. The molecule has 1 amide bonds. The van der Waals surface area contributed by atoms with Crippen LogP contribution in [0.3, 0.4) is 0 Å². The second kappa shape index (κ2) is 8.19. The Labute approximate surface area is 172 Å². The standard InChI is InChI=1S/C20H23BrN2O3S/c1-5-15-18(24)23-17(13-6-8-14(21)9-7-13)16(12(4)22-20(23)27-15)19(25)26-10-11(2)3/h6-9,11,15,17H,5,10H2,1-4H3/t15-,17-/m0/s1. The number of fused-ring (bicyclic) bond motifs is 1. The summed E-state index contributed by atoms with van der Waals surface area (Å²) in [7, 11) is 0. The molecule has 27 heavy (non-hydrogen) atoms. The molecule has 2 atom stereocenters. The lowest BCUT2D eigenvalue weighted by Gasteiger charge is -2.33. The van der Waals surface area contributed by atoms with Crippen LogP contribution < -0.4 is 0 Å². The molecule has 0 spiro atoms. The minimum atomic E-state index is -0.512. The lowest BCUT2D eigenvalue weighted by atomic mass is 9.94. The fourth-order valence-corrected chi connectivity index (χ4v) is 4.53. The molecular weight excluding hydrogens is 428 g/mol. The summed E-state index contributed by atoms with van der Waals surface area (Å²) >= 11 is 4.91. The predicted molar refractivity (Wildman–Crippen MR) is 111 cm³/mol. The fraction of sp³-hybridized carbons (Fsp3) is 0.450. The van der Waals surface area contributed by atoms with Crippen molar-refractivity contribution in [2.45, 2.75) is 45.4 Å². The second-order valence-electron chi connectivity index (χ2n) is 7.06. The number of ether oxygens (including phenoxy) is 1. The Morgan fingerprint density at radius 2 is 2.00 bits per heavy atom. The van der Waals surface area contributed by atoms with Crippen LogP contribution in [-0.4, -0.2) is 33.8 Å². The van der Waals surface area contributed by atoms with Crippen LogP contribution in [0.1, 0.15) is 45.7 Å². The van der Waals surface area contributed by atoms with Gasteiger partial charge in [0.25, 0.3) is 0 Å². The summed E-state index contributed by atoms with van der Waals surface area (Å²) < 4.78 is 6.44. The van der Waals surface area contributed by atoms with Gasteiger partial charge in [-0.2, -0.15) is 0 Å². The normalized spacial score (nSPS) is 22.2. The van der Waals surface area contributed by atoms with E-state index in [9.17, 15) is 9.59 Å². The van der Waals surface area contributed by atoms with Gasteiger partial charge >= 0.3 is 5.97 Å². The van der Waals surface area contributed by atoms with E-state index in [2.05, 4.69) is 20.9 Å². The van der Waals surface area contributed by atoms with Gasteiger partial charge < -0.3 is 4.74 Å². The lowest BCUT2D eigenvalue weighted by molar-refractivity contribution is -0.141. The van der Waals surface area contributed by atoms with Crippen LogP contribution in [0.4, 0.5) is 0 Å². The van der Waals surface area contributed by atoms with Crippen LogP contribution in [0.25, 0.3) is 0 Å². The zero-order valence-electron chi connectivity index (χ0n) is 15.9. The van der Waals surface area contributed by atoms with Crippen LogP contribution in [0.2, 0.25) is 0 Å². The van der Waals surface area contributed by atoms with Crippen molar-refractivity contribution in [2.75, 3.05) is 6.61 Å². The van der Waals surface area contributed by atoms with Crippen LogP contribution in [0.15, 0.2) is 45.0 Å². The molecule has 0 N–H and O–H groups in total. The minimum absolute atomic E-state index is 0.00386. The molecule has 2 heterocycles. The minimum Gasteiger partial charge on any atom is -0.462 e. The van der Waals surface area contributed by atoms with Gasteiger partial charge in [0.1, 0.15) is 0 Å². The van der Waals surface area contributed by atoms with Gasteiger partial charge in [-0.15, -0.1) is 0 Å². The van der Waals surface area contributed by atoms with E-state index < -0.39 is 12.0 Å². The molecule has 0 aromatic heterocycles. The number of carbonyl (C=O) groups is 2. The number of rotatable bonds is 5. The average Bonchev–Trinajstić information content (AvgIpc) is 2.94. The molecular formula is C20H23BrN2O3S. The average molecular weight is 451 g/mol. The number of benzene rings is 1. The Morgan fingerprint density at radius 3 is 2.59 bits per heavy atom. The van der Waals surface area contributed by atoms with Gasteiger partial charge in [-0.25, -0.2) is 9.79 Å². The van der Waals surface area contributed by atoms with Crippen molar-refractivity contribution in [2.24, 2.45) is 10.9 Å². The smallest absolute Gasteiger partial charge is 0.338 e. The monoisotopic (exact) mass is 450 g/mol. The van der Waals surface area contributed by atoms with Crippen molar-refractivity contribution >= 4 is 44.7 Å². The summed E-state index contributed by atoms with van der Waals surface area (Å²) in [6.45, 7) is 8.11. The number of amides is 1. The highest BCUT2D eigenvalue weighted by atomic mass is 79.9. The highest BCUT2D eigenvalue weighted by Crippen LogP contribution is 2.44. The molecule has 5 nitrogen and oxygen atoms in total. The molecule has 2 aliphatic rings. The SMILES string of the molecule is CC[C@@H]1SC2=NC(C)=C(C(=O)OCC(C)C)[C@H](c3ccc(Br)cc3)N2C1=O. The third-order valence-electron chi connectivity index (χ3n) is 4.48. The zero-order chi connectivity index (χ0) is 19.7. The number of aliphatic imine (C=N–C) groups is 1. The lowest BCUT2D eigenvalue weighted by Crippen LogP contribution is -2.40. The van der Waals surface area contributed by atoms with E-state index in [0.29, 0.717) is 23.0 Å². The van der Waals surface area contributed by atoms with E-state index in [1.807, 2.05) is 52.0 Å². The van der Waals surface area contributed by atoms with Gasteiger partial charge in [0.05, 0.1) is 29.2 Å². The first-order valence-electron chi connectivity index (χ1n) is 9.05. The number of hydrogen-bond acceptors (Lipinski definition) is 5. The molecule has 3 rings (SSSR count). The Hall–Kier alpha value is -1.60. The summed E-state index contributed by atoms with van der Waals surface area (Å²) in [5.41, 5.74) is 1.92. The quantitative estimate of drug-likeness (QED) is 0.610. The summed E-state index contributed by atoms with van der Waals surface area (Å²) in [6.07, 6.45) is 0.720. The third-order valence-corrected chi connectivity index (χ3v) is 6.32. The predicted octanol–water partition coefficient (Wildman–Crippen LogP) is 4.69. The summed E-state index contributed by atoms with van der Waals surface area (Å²) in [5.74, 6) is -0.178. The number of halogens is 1. The third kappa shape index (κ3) is 3.99. The van der Waals surface area contributed by atoms with Crippen LogP contribution in [0, 0.1) is 5.92 Å². The van der Waals surface area contributed by atoms with Gasteiger partial charge in [-0.1, -0.05) is 60.6 Å². The Morgan fingerprint density at radius 1 is 1.33 bits per heavy atom. The second-order valence-corrected chi connectivity index (χ2v) is 9.15. The maximum absolute atomic E-state index is 13.0. The molecule has 1 aromatic carbocycles. The largest absolute Gasteiger partial charge is 0.462 e. The summed E-state index contributed by atoms with van der Waals surface area (Å²) in [6, 6.07) is 7.17. The van der Waals surface area contributed by atoms with E-state index in [-0.39, 0.29) is 17.1 Å². The summed E-state index contributed by atoms with van der Waals surface area (Å²) in [5, 5.41) is 0.498. The van der Waals surface area contributed by atoms with Crippen LogP contribution in [-0.2, 0) is 14.3 Å². The van der Waals surface area contributed by atoms with Crippen molar-refractivity contribution in [3.05, 3.63) is 45.6 Å². The first kappa shape index (κ1) is 20.1. The molecule has 0 radical (unpaired) electrons. The molecule has 0 unspecified atom stereocenters. The number of allylic oxidation sites excluding steroid dienone is 1. The number of nitrogens with zero attached hydrogens (tertiary/aromatic N) is 2. The summed E-state index contributed by atoms with van der Waals surface area (Å²) in [4.78, 5) is 32.1. The van der Waals surface area contributed by atoms with Gasteiger partial charge in [0.2, 0.25) is 5.91 Å². The maximum atomic E-state index is 13.0. The Kier molecular flexibility index (Phi) is 6.11. The molecule has 7 heteroatoms. The van der Waals surface area contributed by atoms with E-state index in [1.54, 1.807) is 4.90 Å². The van der Waals surface area contributed by atoms with Crippen molar-refractivity contribution < 1.29 is 14.3 Å². The fourth-order valence-electron chi connectivity index (χ4n) is 3.13. The maximum Gasteiger partial charge on any atom is 0.338 e. The van der Waals surface area contributed by atoms with Crippen molar-refractivity contribution in [3.63, 3.8) is 0 Å².